The van der Waals surface area contributed by atoms with Gasteiger partial charge in [-0.3, -0.25) is 9.59 Å². The largest absolute Gasteiger partial charge is 0.459 e. The maximum atomic E-state index is 13.1. The highest BCUT2D eigenvalue weighted by Crippen LogP contribution is 2.74. The lowest BCUT2D eigenvalue weighted by atomic mass is 9.33. The van der Waals surface area contributed by atoms with Crippen LogP contribution in [0, 0.1) is 10.8 Å². The van der Waals surface area contributed by atoms with Gasteiger partial charge < -0.3 is 14.8 Å². The maximum absolute atomic E-state index is 13.1. The molecule has 1 N–H and O–H groups in total. The van der Waals surface area contributed by atoms with Gasteiger partial charge in [-0.15, -0.1) is 0 Å². The van der Waals surface area contributed by atoms with Gasteiger partial charge in [-0.1, -0.05) is 53.2 Å². The summed E-state index contributed by atoms with van der Waals surface area (Å²) in [4.78, 5) is 36.8. The number of benzene rings is 1. The van der Waals surface area contributed by atoms with E-state index in [0.717, 1.165) is 24.8 Å². The molecule has 2 unspecified atom stereocenters. The van der Waals surface area contributed by atoms with Crippen LogP contribution in [-0.4, -0.2) is 34.3 Å². The molecule has 7 heteroatoms. The van der Waals surface area contributed by atoms with Gasteiger partial charge in [0.2, 0.25) is 0 Å². The Morgan fingerprint density at radius 1 is 1.14 bits per heavy atom. The van der Waals surface area contributed by atoms with Crippen LogP contribution in [0.1, 0.15) is 52.5 Å². The molecule has 6 nitrogen and oxygen atoms in total. The molecule has 29 heavy (non-hydrogen) atoms. The van der Waals surface area contributed by atoms with E-state index < -0.39 is 34.3 Å². The van der Waals surface area contributed by atoms with E-state index in [9.17, 15) is 14.4 Å². The van der Waals surface area contributed by atoms with E-state index in [2.05, 4.69) is 28.2 Å². The number of ether oxygens (including phenoxy) is 2. The van der Waals surface area contributed by atoms with Gasteiger partial charge in [0.15, 0.2) is 10.6 Å². The summed E-state index contributed by atoms with van der Waals surface area (Å²) in [6, 6.07) is 8.53. The van der Waals surface area contributed by atoms with Gasteiger partial charge in [0, 0.05) is 0 Å². The molecule has 3 saturated carbocycles. The Balaban J connectivity index is 1.66. The minimum atomic E-state index is -1.14. The molecule has 3 aliphatic carbocycles. The minimum absolute atomic E-state index is 0.113. The standard InChI is InChI=1S/C22H28BrNO5/c1-20(2,3)29-18(26)15(23)16(25)17(22-11-21(4,12-22)13-22)24-19(27)28-10-14-8-6-5-7-9-14/h5-9,15,17H,10-13H2,1-4H3,(H,24,27). The summed E-state index contributed by atoms with van der Waals surface area (Å²) in [5.74, 6) is -1.04. The minimum Gasteiger partial charge on any atom is -0.459 e. The van der Waals surface area contributed by atoms with E-state index >= 15 is 0 Å². The van der Waals surface area contributed by atoms with Gasteiger partial charge in [0.1, 0.15) is 12.2 Å². The molecule has 158 valence electrons. The van der Waals surface area contributed by atoms with Crippen LogP contribution in [0.2, 0.25) is 0 Å². The number of hydrogen-bond acceptors (Lipinski definition) is 5. The molecular weight excluding hydrogens is 438 g/mol. The number of halogens is 1. The fourth-order valence-electron chi connectivity index (χ4n) is 4.73. The number of alkyl carbamates (subject to hydrolysis) is 1. The zero-order chi connectivity index (χ0) is 21.4. The van der Waals surface area contributed by atoms with Crippen LogP contribution in [0.5, 0.6) is 0 Å². The van der Waals surface area contributed by atoms with Crippen molar-refractivity contribution < 1.29 is 23.9 Å². The quantitative estimate of drug-likeness (QED) is 0.371. The Kier molecular flexibility index (Phi) is 5.82. The second-order valence-electron chi connectivity index (χ2n) is 9.64. The van der Waals surface area contributed by atoms with Crippen molar-refractivity contribution in [1.29, 1.82) is 0 Å². The van der Waals surface area contributed by atoms with Gasteiger partial charge in [0.25, 0.3) is 0 Å². The summed E-state index contributed by atoms with van der Waals surface area (Å²) in [5.41, 5.74) is 0.0915. The summed E-state index contributed by atoms with van der Waals surface area (Å²) in [5, 5.41) is 2.73. The van der Waals surface area contributed by atoms with Crippen molar-refractivity contribution in [1.82, 2.24) is 5.32 Å². The zero-order valence-corrected chi connectivity index (χ0v) is 18.9. The SMILES string of the molecule is CC12CC(C(NC(=O)OCc3ccccc3)C(=O)C(Br)C(=O)OC(C)(C)C)(C1)C2. The van der Waals surface area contributed by atoms with Crippen LogP contribution in [0.15, 0.2) is 30.3 Å². The number of alkyl halides is 1. The number of ketones is 1. The van der Waals surface area contributed by atoms with Crippen LogP contribution >= 0.6 is 15.9 Å². The number of rotatable bonds is 7. The van der Waals surface area contributed by atoms with Crippen molar-refractivity contribution in [2.24, 2.45) is 10.8 Å². The Bertz CT molecular complexity index is 781. The number of carbonyl (C=O) groups excluding carboxylic acids is 3. The number of hydrogen-bond donors (Lipinski definition) is 1. The summed E-state index contributed by atoms with van der Waals surface area (Å²) in [6.07, 6.45) is 1.89. The second kappa shape index (κ2) is 7.74. The molecular formula is C22H28BrNO5. The fraction of sp³-hybridized carbons (Fsp3) is 0.591. The predicted octanol–water partition coefficient (Wildman–Crippen LogP) is 4.15. The van der Waals surface area contributed by atoms with Crippen molar-refractivity contribution in [3.05, 3.63) is 35.9 Å². The van der Waals surface area contributed by atoms with E-state index in [-0.39, 0.29) is 17.4 Å². The molecule has 0 spiro atoms. The first-order valence-electron chi connectivity index (χ1n) is 9.81. The lowest BCUT2D eigenvalue weighted by Crippen LogP contribution is -2.71. The molecule has 3 aliphatic rings. The Labute approximate surface area is 179 Å². The van der Waals surface area contributed by atoms with Crippen molar-refractivity contribution in [3.63, 3.8) is 0 Å². The highest BCUT2D eigenvalue weighted by Gasteiger charge is 2.70. The first-order valence-corrected chi connectivity index (χ1v) is 10.7. The van der Waals surface area contributed by atoms with Gasteiger partial charge in [-0.05, 0) is 56.4 Å². The van der Waals surface area contributed by atoms with Crippen LogP contribution in [0.3, 0.4) is 0 Å². The van der Waals surface area contributed by atoms with Gasteiger partial charge in [0.05, 0.1) is 6.04 Å². The summed E-state index contributed by atoms with van der Waals surface area (Å²) in [6.45, 7) is 7.51. The average Bonchev–Trinajstić information content (AvgIpc) is 2.59. The van der Waals surface area contributed by atoms with Crippen LogP contribution in [0.4, 0.5) is 4.79 Å². The van der Waals surface area contributed by atoms with Crippen LogP contribution in [0.25, 0.3) is 0 Å². The van der Waals surface area contributed by atoms with E-state index in [1.165, 1.54) is 0 Å². The van der Waals surface area contributed by atoms with E-state index in [0.29, 0.717) is 0 Å². The fourth-order valence-corrected chi connectivity index (χ4v) is 5.08. The molecule has 2 bridgehead atoms. The smallest absolute Gasteiger partial charge is 0.408 e. The molecule has 3 fully saturated rings. The summed E-state index contributed by atoms with van der Waals surface area (Å²) in [7, 11) is 0. The summed E-state index contributed by atoms with van der Waals surface area (Å²) >= 11 is 3.19. The average molecular weight is 466 g/mol. The van der Waals surface area contributed by atoms with Crippen LogP contribution < -0.4 is 5.32 Å². The van der Waals surface area contributed by atoms with Gasteiger partial charge in [-0.25, -0.2) is 4.79 Å². The molecule has 0 aliphatic heterocycles. The van der Waals surface area contributed by atoms with Crippen molar-refractivity contribution in [2.45, 2.75) is 70.0 Å². The van der Waals surface area contributed by atoms with Crippen molar-refractivity contribution >= 4 is 33.8 Å². The monoisotopic (exact) mass is 465 g/mol. The first kappa shape index (κ1) is 21.8. The number of carbonyl (C=O) groups is 3. The van der Waals surface area contributed by atoms with E-state index in [1.54, 1.807) is 20.8 Å². The molecule has 0 radical (unpaired) electrons. The number of nitrogens with one attached hydrogen (secondary N) is 1. The van der Waals surface area contributed by atoms with Gasteiger partial charge in [-0.2, -0.15) is 0 Å². The summed E-state index contributed by atoms with van der Waals surface area (Å²) < 4.78 is 10.6. The molecule has 0 heterocycles. The second-order valence-corrected chi connectivity index (χ2v) is 10.6. The lowest BCUT2D eigenvalue weighted by Gasteiger charge is -2.71. The Morgan fingerprint density at radius 2 is 1.72 bits per heavy atom. The number of esters is 1. The number of Topliss-reactive ketones (excluding diaryl/α,β-unsaturated/α-hetero) is 1. The number of amides is 1. The zero-order valence-electron chi connectivity index (χ0n) is 17.3. The highest BCUT2D eigenvalue weighted by atomic mass is 79.9. The highest BCUT2D eigenvalue weighted by molar-refractivity contribution is 9.10. The van der Waals surface area contributed by atoms with Crippen molar-refractivity contribution in [3.8, 4) is 0 Å². The molecule has 0 aromatic heterocycles. The molecule has 2 atom stereocenters. The topological polar surface area (TPSA) is 81.7 Å². The van der Waals surface area contributed by atoms with Crippen LogP contribution in [-0.2, 0) is 25.7 Å². The van der Waals surface area contributed by atoms with E-state index in [4.69, 9.17) is 9.47 Å². The molecule has 4 rings (SSSR count). The Hall–Kier alpha value is -1.89. The normalized spacial score (nSPS) is 26.9. The third-order valence-electron chi connectivity index (χ3n) is 5.57. The molecule has 1 amide bonds. The molecule has 1 aromatic rings. The third kappa shape index (κ3) is 4.82. The third-order valence-corrected chi connectivity index (χ3v) is 6.40. The molecule has 0 saturated heterocycles. The lowest BCUT2D eigenvalue weighted by molar-refractivity contribution is -0.208. The predicted molar refractivity (Wildman–Crippen MR) is 112 cm³/mol. The molecule has 1 aromatic carbocycles. The maximum Gasteiger partial charge on any atom is 0.408 e. The van der Waals surface area contributed by atoms with E-state index in [1.807, 2.05) is 30.3 Å². The Morgan fingerprint density at radius 3 is 2.24 bits per heavy atom. The first-order chi connectivity index (χ1) is 13.4. The van der Waals surface area contributed by atoms with Crippen molar-refractivity contribution in [2.75, 3.05) is 0 Å². The van der Waals surface area contributed by atoms with Gasteiger partial charge >= 0.3 is 12.1 Å².